The average Bonchev–Trinajstić information content (AvgIpc) is 2.76. The minimum Gasteiger partial charge on any atom is -0.449 e. The molecule has 4 rings (SSSR count). The maximum absolute atomic E-state index is 11.5. The van der Waals surface area contributed by atoms with Gasteiger partial charge in [0.1, 0.15) is 0 Å². The van der Waals surface area contributed by atoms with Gasteiger partial charge in [-0.2, -0.15) is 0 Å². The summed E-state index contributed by atoms with van der Waals surface area (Å²) >= 11 is 0. The molecule has 16 heavy (non-hydrogen) atoms. The monoisotopic (exact) mass is 217 g/mol. The van der Waals surface area contributed by atoms with Gasteiger partial charge in [0.15, 0.2) is 5.60 Å². The van der Waals surface area contributed by atoms with E-state index in [1.807, 2.05) is 0 Å². The van der Waals surface area contributed by atoms with Crippen molar-refractivity contribution in [3.63, 3.8) is 0 Å². The van der Waals surface area contributed by atoms with E-state index < -0.39 is 0 Å². The first kappa shape index (κ1) is 8.99. The topological polar surface area (TPSA) is 29.5 Å². The van der Waals surface area contributed by atoms with Crippen molar-refractivity contribution in [3.05, 3.63) is 23.8 Å². The van der Waals surface area contributed by atoms with Gasteiger partial charge in [0.05, 0.1) is 6.04 Å². The second kappa shape index (κ2) is 2.77. The van der Waals surface area contributed by atoms with Crippen LogP contribution in [0, 0.1) is 0 Å². The quantitative estimate of drug-likeness (QED) is 0.574. The second-order valence-electron chi connectivity index (χ2n) is 5.29. The fourth-order valence-electron chi connectivity index (χ4n) is 3.94. The number of hydrogen-bond acceptors (Lipinski definition) is 3. The highest BCUT2D eigenvalue weighted by Crippen LogP contribution is 2.51. The highest BCUT2D eigenvalue weighted by Gasteiger charge is 2.59. The van der Waals surface area contributed by atoms with Crippen molar-refractivity contribution in [1.82, 2.24) is 4.90 Å². The van der Waals surface area contributed by atoms with Crippen LogP contribution < -0.4 is 0 Å². The summed E-state index contributed by atoms with van der Waals surface area (Å²) in [6, 6.07) is 0.923. The molecule has 1 spiro atoms. The van der Waals surface area contributed by atoms with E-state index in [2.05, 4.69) is 17.1 Å². The SMILES string of the molecule is O=C1C=C2C=C[C@H]3CC2(O1)[C@@H]1CCCCN13. The van der Waals surface area contributed by atoms with Crippen molar-refractivity contribution in [2.45, 2.75) is 43.4 Å². The number of piperidine rings is 1. The van der Waals surface area contributed by atoms with Gasteiger partial charge in [-0.3, -0.25) is 4.90 Å². The van der Waals surface area contributed by atoms with E-state index in [-0.39, 0.29) is 11.6 Å². The molecule has 0 saturated carbocycles. The van der Waals surface area contributed by atoms with E-state index in [9.17, 15) is 4.79 Å². The fraction of sp³-hybridized carbons (Fsp3) is 0.615. The Hall–Kier alpha value is -1.09. The Labute approximate surface area is 94.8 Å². The lowest BCUT2D eigenvalue weighted by Gasteiger charge is -2.37. The van der Waals surface area contributed by atoms with Gasteiger partial charge in [-0.1, -0.05) is 18.6 Å². The lowest BCUT2D eigenvalue weighted by atomic mass is 9.80. The summed E-state index contributed by atoms with van der Waals surface area (Å²) < 4.78 is 5.69. The molecule has 1 aliphatic carbocycles. The number of rotatable bonds is 0. The van der Waals surface area contributed by atoms with Crippen LogP contribution in [0.4, 0.5) is 0 Å². The third kappa shape index (κ3) is 0.908. The predicted molar refractivity (Wildman–Crippen MR) is 58.8 cm³/mol. The lowest BCUT2D eigenvalue weighted by molar-refractivity contribution is -0.148. The number of esters is 1. The second-order valence-corrected chi connectivity index (χ2v) is 5.29. The van der Waals surface area contributed by atoms with E-state index in [1.54, 1.807) is 6.08 Å². The summed E-state index contributed by atoms with van der Waals surface area (Å²) in [5.41, 5.74) is 0.833. The molecular weight excluding hydrogens is 202 g/mol. The van der Waals surface area contributed by atoms with Gasteiger partial charge in [0, 0.05) is 24.1 Å². The van der Waals surface area contributed by atoms with Crippen molar-refractivity contribution >= 4 is 5.97 Å². The predicted octanol–water partition coefficient (Wildman–Crippen LogP) is 1.41. The lowest BCUT2D eigenvalue weighted by Crippen LogP contribution is -2.48. The van der Waals surface area contributed by atoms with Crippen LogP contribution in [-0.4, -0.2) is 35.1 Å². The summed E-state index contributed by atoms with van der Waals surface area (Å²) in [7, 11) is 0. The van der Waals surface area contributed by atoms with Crippen LogP contribution >= 0.6 is 0 Å². The third-order valence-corrected chi connectivity index (χ3v) is 4.56. The Morgan fingerprint density at radius 2 is 2.38 bits per heavy atom. The molecule has 3 heterocycles. The van der Waals surface area contributed by atoms with Crippen molar-refractivity contribution in [2.75, 3.05) is 6.54 Å². The molecule has 0 amide bonds. The molecule has 0 aromatic heterocycles. The molecule has 0 radical (unpaired) electrons. The Bertz CT molecular complexity index is 426. The van der Waals surface area contributed by atoms with Gasteiger partial charge in [-0.05, 0) is 19.4 Å². The third-order valence-electron chi connectivity index (χ3n) is 4.56. The summed E-state index contributed by atoms with van der Waals surface area (Å²) in [5.74, 6) is -0.146. The molecular formula is C13H15NO2. The van der Waals surface area contributed by atoms with E-state index in [0.717, 1.165) is 18.5 Å². The maximum atomic E-state index is 11.5. The minimum absolute atomic E-state index is 0.146. The zero-order valence-corrected chi connectivity index (χ0v) is 9.19. The van der Waals surface area contributed by atoms with Gasteiger partial charge >= 0.3 is 5.97 Å². The molecule has 3 atom stereocenters. The summed E-state index contributed by atoms with van der Waals surface area (Å²) in [6.07, 6.45) is 10.7. The molecule has 2 bridgehead atoms. The zero-order chi connectivity index (χ0) is 10.8. The van der Waals surface area contributed by atoms with Crippen LogP contribution in [-0.2, 0) is 9.53 Å². The Morgan fingerprint density at radius 1 is 1.44 bits per heavy atom. The van der Waals surface area contributed by atoms with Gasteiger partial charge in [0.2, 0.25) is 0 Å². The summed E-state index contributed by atoms with van der Waals surface area (Å²) in [5, 5.41) is 0. The molecule has 3 nitrogen and oxygen atoms in total. The van der Waals surface area contributed by atoms with E-state index >= 15 is 0 Å². The number of fused-ring (bicyclic) bond motifs is 3. The molecule has 3 aliphatic heterocycles. The molecule has 84 valence electrons. The molecule has 4 aliphatic rings. The smallest absolute Gasteiger partial charge is 0.332 e. The van der Waals surface area contributed by atoms with Gasteiger partial charge in [-0.15, -0.1) is 0 Å². The van der Waals surface area contributed by atoms with Crippen LogP contribution in [0.25, 0.3) is 0 Å². The maximum Gasteiger partial charge on any atom is 0.332 e. The molecule has 0 aromatic carbocycles. The number of nitrogens with zero attached hydrogens (tertiary/aromatic N) is 1. The van der Waals surface area contributed by atoms with Crippen LogP contribution in [0.15, 0.2) is 23.8 Å². The number of hydrogen-bond donors (Lipinski definition) is 0. The molecule has 2 fully saturated rings. The van der Waals surface area contributed by atoms with Crippen LogP contribution in [0.1, 0.15) is 25.7 Å². The Morgan fingerprint density at radius 3 is 3.31 bits per heavy atom. The summed E-state index contributed by atoms with van der Waals surface area (Å²) in [6.45, 7) is 1.16. The van der Waals surface area contributed by atoms with E-state index in [0.29, 0.717) is 12.1 Å². The van der Waals surface area contributed by atoms with E-state index in [1.165, 1.54) is 19.3 Å². The largest absolute Gasteiger partial charge is 0.449 e. The minimum atomic E-state index is -0.281. The molecule has 0 aromatic rings. The number of carbonyl (C=O) groups excluding carboxylic acids is 1. The van der Waals surface area contributed by atoms with Crippen LogP contribution in [0.3, 0.4) is 0 Å². The highest BCUT2D eigenvalue weighted by atomic mass is 16.6. The van der Waals surface area contributed by atoms with E-state index in [4.69, 9.17) is 4.74 Å². The van der Waals surface area contributed by atoms with Crippen molar-refractivity contribution in [3.8, 4) is 0 Å². The molecule has 0 N–H and O–H groups in total. The fourth-order valence-corrected chi connectivity index (χ4v) is 3.94. The standard InChI is InChI=1S/C13H15NO2/c15-12-7-9-4-5-10-8-13(9,16-12)11-3-1-2-6-14(10)11/h4-5,7,10-11H,1-3,6,8H2/t10-,11-,13?/m0/s1. The molecule has 1 unspecified atom stereocenters. The first-order valence-corrected chi connectivity index (χ1v) is 6.19. The number of carbonyl (C=O) groups is 1. The van der Waals surface area contributed by atoms with Gasteiger partial charge < -0.3 is 4.74 Å². The van der Waals surface area contributed by atoms with Gasteiger partial charge in [-0.25, -0.2) is 4.79 Å². The van der Waals surface area contributed by atoms with Crippen molar-refractivity contribution in [2.24, 2.45) is 0 Å². The Kier molecular flexibility index (Phi) is 1.56. The van der Waals surface area contributed by atoms with Crippen LogP contribution in [0.5, 0.6) is 0 Å². The van der Waals surface area contributed by atoms with Crippen molar-refractivity contribution < 1.29 is 9.53 Å². The molecule has 2 saturated heterocycles. The summed E-state index contributed by atoms with van der Waals surface area (Å²) in [4.78, 5) is 14.1. The van der Waals surface area contributed by atoms with Crippen molar-refractivity contribution in [1.29, 1.82) is 0 Å². The zero-order valence-electron chi connectivity index (χ0n) is 9.19. The number of ether oxygens (including phenoxy) is 1. The van der Waals surface area contributed by atoms with Gasteiger partial charge in [0.25, 0.3) is 0 Å². The van der Waals surface area contributed by atoms with Crippen LogP contribution in [0.2, 0.25) is 0 Å². The average molecular weight is 217 g/mol. The Balaban J connectivity index is 1.84. The normalized spacial score (nSPS) is 45.0. The first-order valence-electron chi connectivity index (χ1n) is 6.19. The first-order chi connectivity index (χ1) is 7.79. The molecule has 3 heteroatoms. The highest BCUT2D eigenvalue weighted by molar-refractivity contribution is 5.88.